The van der Waals surface area contributed by atoms with Crippen LogP contribution in [0.25, 0.3) is 0 Å². The first-order valence-electron chi connectivity index (χ1n) is 8.67. The van der Waals surface area contributed by atoms with Crippen LogP contribution >= 0.6 is 0 Å². The first-order chi connectivity index (χ1) is 10.1. The number of aliphatic hydroxyl groups excluding tert-OH is 1. The van der Waals surface area contributed by atoms with Crippen LogP contribution in [0.5, 0.6) is 0 Å². The lowest BCUT2D eigenvalue weighted by Crippen LogP contribution is -2.51. The van der Waals surface area contributed by atoms with Gasteiger partial charge in [0.05, 0.1) is 6.10 Å². The van der Waals surface area contributed by atoms with E-state index in [-0.39, 0.29) is 11.5 Å². The zero-order chi connectivity index (χ0) is 14.6. The highest BCUT2D eigenvalue weighted by molar-refractivity contribution is 5.91. The van der Waals surface area contributed by atoms with Crippen LogP contribution in [0.3, 0.4) is 0 Å². The van der Waals surface area contributed by atoms with Crippen molar-refractivity contribution in [1.82, 2.24) is 0 Å². The van der Waals surface area contributed by atoms with E-state index in [4.69, 9.17) is 0 Å². The molecular formula is C19H26O2. The molecule has 4 aliphatic carbocycles. The summed E-state index contributed by atoms with van der Waals surface area (Å²) in [6.45, 7) is 2.30. The van der Waals surface area contributed by atoms with Crippen LogP contribution in [0.15, 0.2) is 23.8 Å². The normalized spacial score (nSPS) is 49.0. The molecule has 114 valence electrons. The number of ketones is 1. The molecule has 0 heterocycles. The van der Waals surface area contributed by atoms with Gasteiger partial charge in [0.25, 0.3) is 0 Å². The van der Waals surface area contributed by atoms with Crippen LogP contribution in [-0.4, -0.2) is 17.0 Å². The molecule has 2 saturated carbocycles. The molecule has 2 heteroatoms. The summed E-state index contributed by atoms with van der Waals surface area (Å²) in [5.41, 5.74) is 1.53. The highest BCUT2D eigenvalue weighted by Crippen LogP contribution is 2.59. The fourth-order valence-electron chi connectivity index (χ4n) is 5.83. The van der Waals surface area contributed by atoms with Gasteiger partial charge in [0.2, 0.25) is 0 Å². The summed E-state index contributed by atoms with van der Waals surface area (Å²) in [5, 5.41) is 10.5. The highest BCUT2D eigenvalue weighted by Gasteiger charge is 2.53. The molecule has 0 aromatic heterocycles. The third-order valence-electron chi connectivity index (χ3n) is 7.06. The van der Waals surface area contributed by atoms with E-state index in [1.54, 1.807) is 0 Å². The number of allylic oxidation sites excluding steroid dienone is 3. The molecule has 0 bridgehead atoms. The molecule has 4 rings (SSSR count). The van der Waals surface area contributed by atoms with Crippen molar-refractivity contribution >= 4 is 5.78 Å². The largest absolute Gasteiger partial charge is 0.392 e. The molecule has 0 spiro atoms. The molecule has 2 fully saturated rings. The Morgan fingerprint density at radius 1 is 1.19 bits per heavy atom. The Bertz CT molecular complexity index is 518. The van der Waals surface area contributed by atoms with Gasteiger partial charge in [-0.2, -0.15) is 0 Å². The molecule has 6 atom stereocenters. The van der Waals surface area contributed by atoms with Crippen molar-refractivity contribution in [2.75, 3.05) is 0 Å². The van der Waals surface area contributed by atoms with E-state index < -0.39 is 0 Å². The summed E-state index contributed by atoms with van der Waals surface area (Å²) in [4.78, 5) is 11.7. The summed E-state index contributed by atoms with van der Waals surface area (Å²) >= 11 is 0. The molecule has 0 radical (unpaired) electrons. The maximum absolute atomic E-state index is 11.7. The number of aliphatic hydroxyl groups is 1. The summed E-state index contributed by atoms with van der Waals surface area (Å²) in [6.07, 6.45) is 13.7. The maximum atomic E-state index is 11.7. The van der Waals surface area contributed by atoms with Gasteiger partial charge in [0.15, 0.2) is 5.78 Å². The molecule has 2 nitrogen and oxygen atoms in total. The van der Waals surface area contributed by atoms with E-state index >= 15 is 0 Å². The fraction of sp³-hybridized carbons (Fsp3) is 0.737. The monoisotopic (exact) mass is 286 g/mol. The molecular weight excluding hydrogens is 260 g/mol. The zero-order valence-electron chi connectivity index (χ0n) is 12.9. The number of hydrogen-bond donors (Lipinski definition) is 1. The molecule has 0 aliphatic heterocycles. The molecule has 21 heavy (non-hydrogen) atoms. The minimum atomic E-state index is -0.168. The number of rotatable bonds is 0. The van der Waals surface area contributed by atoms with Gasteiger partial charge in [0, 0.05) is 11.8 Å². The van der Waals surface area contributed by atoms with E-state index in [9.17, 15) is 9.90 Å². The SMILES string of the molecule is C[C@]12CC[C@H]3[C@@H](CCC4=CC(=O)CC[C@@H]43)[C@@H]1C=CC[C@@H]2O. The third-order valence-corrected chi connectivity index (χ3v) is 7.06. The second-order valence-corrected chi connectivity index (χ2v) is 7.95. The van der Waals surface area contributed by atoms with Gasteiger partial charge in [0.1, 0.15) is 0 Å². The first-order valence-corrected chi connectivity index (χ1v) is 8.67. The van der Waals surface area contributed by atoms with E-state index in [2.05, 4.69) is 19.1 Å². The van der Waals surface area contributed by atoms with Crippen LogP contribution in [0.4, 0.5) is 0 Å². The van der Waals surface area contributed by atoms with Crippen molar-refractivity contribution in [2.24, 2.45) is 29.1 Å². The Balaban J connectivity index is 1.66. The summed E-state index contributed by atoms with van der Waals surface area (Å²) in [7, 11) is 0. The number of carbonyl (C=O) groups is 1. The van der Waals surface area contributed by atoms with E-state index in [0.29, 0.717) is 23.5 Å². The van der Waals surface area contributed by atoms with Crippen LogP contribution in [0.1, 0.15) is 51.9 Å². The van der Waals surface area contributed by atoms with Gasteiger partial charge in [-0.15, -0.1) is 0 Å². The summed E-state index contributed by atoms with van der Waals surface area (Å²) in [6, 6.07) is 0. The lowest BCUT2D eigenvalue weighted by Gasteiger charge is -2.56. The zero-order valence-corrected chi connectivity index (χ0v) is 12.9. The molecule has 0 aromatic carbocycles. The molecule has 0 amide bonds. The Labute approximate surface area is 127 Å². The van der Waals surface area contributed by atoms with Crippen molar-refractivity contribution in [3.63, 3.8) is 0 Å². The van der Waals surface area contributed by atoms with E-state index in [1.807, 2.05) is 6.08 Å². The maximum Gasteiger partial charge on any atom is 0.155 e. The van der Waals surface area contributed by atoms with Gasteiger partial charge in [-0.05, 0) is 68.3 Å². The van der Waals surface area contributed by atoms with Gasteiger partial charge in [-0.25, -0.2) is 0 Å². The summed E-state index contributed by atoms with van der Waals surface area (Å²) in [5.74, 6) is 2.99. The molecule has 1 N–H and O–H groups in total. The molecule has 0 saturated heterocycles. The minimum absolute atomic E-state index is 0.0849. The van der Waals surface area contributed by atoms with Gasteiger partial charge in [-0.1, -0.05) is 24.6 Å². The van der Waals surface area contributed by atoms with Crippen LogP contribution in [0.2, 0.25) is 0 Å². The van der Waals surface area contributed by atoms with Crippen LogP contribution in [-0.2, 0) is 4.79 Å². The fourth-order valence-corrected chi connectivity index (χ4v) is 5.83. The quantitative estimate of drug-likeness (QED) is 0.690. The number of hydrogen-bond acceptors (Lipinski definition) is 2. The smallest absolute Gasteiger partial charge is 0.155 e. The van der Waals surface area contributed by atoms with Crippen molar-refractivity contribution in [3.05, 3.63) is 23.8 Å². The Morgan fingerprint density at radius 3 is 2.90 bits per heavy atom. The van der Waals surface area contributed by atoms with Crippen LogP contribution < -0.4 is 0 Å². The van der Waals surface area contributed by atoms with Crippen molar-refractivity contribution < 1.29 is 9.90 Å². The Morgan fingerprint density at radius 2 is 2.05 bits per heavy atom. The molecule has 0 aromatic rings. The predicted octanol–water partition coefficient (Wildman–Crippen LogP) is 3.66. The molecule has 0 unspecified atom stereocenters. The number of carbonyl (C=O) groups excluding carboxylic acids is 1. The van der Waals surface area contributed by atoms with Gasteiger partial charge < -0.3 is 5.11 Å². The second-order valence-electron chi connectivity index (χ2n) is 7.95. The Kier molecular flexibility index (Phi) is 3.15. The van der Waals surface area contributed by atoms with Crippen LogP contribution in [0, 0.1) is 29.1 Å². The van der Waals surface area contributed by atoms with Crippen molar-refractivity contribution in [1.29, 1.82) is 0 Å². The van der Waals surface area contributed by atoms with Gasteiger partial charge in [-0.3, -0.25) is 4.79 Å². The highest BCUT2D eigenvalue weighted by atomic mass is 16.3. The minimum Gasteiger partial charge on any atom is -0.392 e. The molecule has 4 aliphatic rings. The summed E-state index contributed by atoms with van der Waals surface area (Å²) < 4.78 is 0. The standard InChI is InChI=1S/C19H26O2/c1-19-10-9-15-14-8-6-13(20)11-12(14)5-7-16(15)17(19)3-2-4-18(19)21/h2-3,11,14-18,21H,4-10H2,1H3/t14-,15+,16+,17-,18-,19-/m0/s1. The number of fused-ring (bicyclic) bond motifs is 5. The lowest BCUT2D eigenvalue weighted by atomic mass is 9.49. The first kappa shape index (κ1) is 13.8. The average molecular weight is 286 g/mol. The third kappa shape index (κ3) is 1.98. The van der Waals surface area contributed by atoms with E-state index in [1.165, 1.54) is 18.4 Å². The van der Waals surface area contributed by atoms with Crippen molar-refractivity contribution in [3.8, 4) is 0 Å². The van der Waals surface area contributed by atoms with E-state index in [0.717, 1.165) is 38.0 Å². The Hall–Kier alpha value is -0.890. The predicted molar refractivity (Wildman–Crippen MR) is 82.6 cm³/mol. The van der Waals surface area contributed by atoms with Crippen molar-refractivity contribution in [2.45, 2.75) is 58.0 Å². The average Bonchev–Trinajstić information content (AvgIpc) is 2.48. The topological polar surface area (TPSA) is 37.3 Å². The van der Waals surface area contributed by atoms with Gasteiger partial charge >= 0.3 is 0 Å². The second kappa shape index (κ2) is 4.81. The lowest BCUT2D eigenvalue weighted by molar-refractivity contribution is -0.116.